The number of allylic oxidation sites excluding steroid dienone is 2. The van der Waals surface area contributed by atoms with Gasteiger partial charge in [-0.25, -0.2) is 4.68 Å². The van der Waals surface area contributed by atoms with Crippen molar-refractivity contribution in [3.05, 3.63) is 86.7 Å². The highest BCUT2D eigenvalue weighted by Crippen LogP contribution is 2.51. The molecule has 1 N–H and O–H groups in total. The van der Waals surface area contributed by atoms with Gasteiger partial charge in [-0.15, -0.1) is 0 Å². The zero-order valence-electron chi connectivity index (χ0n) is 17.7. The maximum Gasteiger partial charge on any atom is 0.162 e. The molecule has 0 bridgehead atoms. The molecule has 1 atom stereocenters. The Morgan fingerprint density at radius 3 is 2.55 bits per heavy atom. The minimum Gasteiger partial charge on any atom is -0.343 e. The second-order valence-corrected chi connectivity index (χ2v) is 10.00. The van der Waals surface area contributed by atoms with Gasteiger partial charge in [0.25, 0.3) is 0 Å². The first-order valence-electron chi connectivity index (χ1n) is 10.4. The van der Waals surface area contributed by atoms with Crippen LogP contribution in [0.25, 0.3) is 5.69 Å². The van der Waals surface area contributed by atoms with E-state index < -0.39 is 0 Å². The average molecular weight is 452 g/mol. The number of carbonyl (C=O) groups excluding carboxylic acids is 1. The number of hydrogen-bond donors (Lipinski definition) is 1. The number of nitrogens with zero attached hydrogens (tertiary/aromatic N) is 2. The summed E-state index contributed by atoms with van der Waals surface area (Å²) in [5.41, 5.74) is 5.34. The van der Waals surface area contributed by atoms with Gasteiger partial charge in [0.1, 0.15) is 5.82 Å². The highest BCUT2D eigenvalue weighted by Gasteiger charge is 2.43. The predicted octanol–water partition coefficient (Wildman–Crippen LogP) is 6.69. The number of carbonyl (C=O) groups is 1. The molecule has 0 saturated carbocycles. The Morgan fingerprint density at radius 2 is 1.84 bits per heavy atom. The van der Waals surface area contributed by atoms with E-state index in [0.717, 1.165) is 46.0 Å². The molecule has 0 unspecified atom stereocenters. The maximum atomic E-state index is 13.4. The number of Topliss-reactive ketones (excluding diaryl/α,β-unsaturated/α-hetero) is 1. The molecule has 0 radical (unpaired) electrons. The first-order valence-corrected chi connectivity index (χ1v) is 11.1. The van der Waals surface area contributed by atoms with Crippen molar-refractivity contribution in [3.63, 3.8) is 0 Å². The van der Waals surface area contributed by atoms with Crippen LogP contribution in [-0.4, -0.2) is 15.6 Å². The van der Waals surface area contributed by atoms with Gasteiger partial charge in [-0.3, -0.25) is 4.79 Å². The third-order valence-corrected chi connectivity index (χ3v) is 6.71. The summed E-state index contributed by atoms with van der Waals surface area (Å²) in [4.78, 5) is 13.4. The lowest BCUT2D eigenvalue weighted by Crippen LogP contribution is -2.34. The first-order chi connectivity index (χ1) is 14.7. The van der Waals surface area contributed by atoms with Gasteiger partial charge in [-0.1, -0.05) is 61.3 Å². The fraction of sp³-hybridized carbons (Fsp3) is 0.280. The Labute approximate surface area is 191 Å². The van der Waals surface area contributed by atoms with E-state index in [1.165, 1.54) is 0 Å². The fourth-order valence-corrected chi connectivity index (χ4v) is 5.39. The van der Waals surface area contributed by atoms with Crippen LogP contribution < -0.4 is 5.32 Å². The van der Waals surface area contributed by atoms with E-state index in [-0.39, 0.29) is 17.1 Å². The molecule has 4 nitrogen and oxygen atoms in total. The van der Waals surface area contributed by atoms with E-state index in [2.05, 4.69) is 19.2 Å². The van der Waals surface area contributed by atoms with E-state index in [1.807, 2.05) is 54.1 Å². The molecule has 158 valence electrons. The summed E-state index contributed by atoms with van der Waals surface area (Å²) in [7, 11) is 0. The first kappa shape index (κ1) is 20.3. The van der Waals surface area contributed by atoms with E-state index in [1.54, 1.807) is 6.07 Å². The molecular weight excluding hydrogens is 429 g/mol. The Morgan fingerprint density at radius 1 is 1.10 bits per heavy atom. The number of aromatic nitrogens is 2. The van der Waals surface area contributed by atoms with Crippen molar-refractivity contribution in [3.8, 4) is 5.69 Å². The average Bonchev–Trinajstić information content (AvgIpc) is 3.03. The zero-order chi connectivity index (χ0) is 21.9. The lowest BCUT2D eigenvalue weighted by molar-refractivity contribution is -0.118. The van der Waals surface area contributed by atoms with E-state index in [0.29, 0.717) is 16.5 Å². The van der Waals surface area contributed by atoms with Gasteiger partial charge in [0.05, 0.1) is 11.4 Å². The number of para-hydroxylation sites is 1. The Bertz CT molecular complexity index is 1240. The summed E-state index contributed by atoms with van der Waals surface area (Å²) in [5, 5.41) is 9.58. The standard InChI is InChI=1S/C25H23Cl2N3O/c1-14-21-22(17-10-9-15(26)11-18(17)27)23-19(12-25(2,3)13-20(23)31)28-24(21)30(29-14)16-7-5-4-6-8-16/h4-11,22,28H,12-13H2,1-3H3/t22-/m0/s1. The SMILES string of the molecule is Cc1nn(-c2ccccc2)c2c1[C@H](c1ccc(Cl)cc1Cl)C1=C(CC(C)(C)CC1=O)N2. The third kappa shape index (κ3) is 3.38. The molecule has 2 heterocycles. The molecule has 1 aromatic heterocycles. The van der Waals surface area contributed by atoms with Crippen LogP contribution in [0, 0.1) is 12.3 Å². The molecule has 3 aromatic rings. The van der Waals surface area contributed by atoms with Gasteiger partial charge in [0.2, 0.25) is 0 Å². The topological polar surface area (TPSA) is 46.9 Å². The quantitative estimate of drug-likeness (QED) is 0.471. The Balaban J connectivity index is 1.78. The van der Waals surface area contributed by atoms with Gasteiger partial charge in [0, 0.05) is 39.2 Å². The van der Waals surface area contributed by atoms with Crippen molar-refractivity contribution >= 4 is 34.8 Å². The van der Waals surface area contributed by atoms with Gasteiger partial charge in [-0.05, 0) is 48.6 Å². The molecule has 0 amide bonds. The van der Waals surface area contributed by atoms with Crippen molar-refractivity contribution in [1.29, 1.82) is 0 Å². The molecule has 6 heteroatoms. The van der Waals surface area contributed by atoms with Gasteiger partial charge >= 0.3 is 0 Å². The van der Waals surface area contributed by atoms with Crippen molar-refractivity contribution < 1.29 is 4.79 Å². The monoisotopic (exact) mass is 451 g/mol. The number of aryl methyl sites for hydroxylation is 1. The second-order valence-electron chi connectivity index (χ2n) is 9.15. The second kappa shape index (κ2) is 7.25. The van der Waals surface area contributed by atoms with Crippen LogP contribution in [0.4, 0.5) is 5.82 Å². The number of halogens is 2. The number of fused-ring (bicyclic) bond motifs is 1. The summed E-state index contributed by atoms with van der Waals surface area (Å²) in [6, 6.07) is 15.5. The molecule has 1 aliphatic carbocycles. The van der Waals surface area contributed by atoms with Crippen molar-refractivity contribution in [2.45, 2.75) is 39.5 Å². The lowest BCUT2D eigenvalue weighted by Gasteiger charge is -2.39. The Kier molecular flexibility index (Phi) is 4.76. The van der Waals surface area contributed by atoms with E-state index in [4.69, 9.17) is 28.3 Å². The summed E-state index contributed by atoms with van der Waals surface area (Å²) in [6.45, 7) is 6.26. The summed E-state index contributed by atoms with van der Waals surface area (Å²) < 4.78 is 1.93. The summed E-state index contributed by atoms with van der Waals surface area (Å²) in [5.74, 6) is 0.772. The largest absolute Gasteiger partial charge is 0.343 e. The predicted molar refractivity (Wildman–Crippen MR) is 125 cm³/mol. The highest BCUT2D eigenvalue weighted by molar-refractivity contribution is 6.35. The van der Waals surface area contributed by atoms with Crippen molar-refractivity contribution in [2.75, 3.05) is 5.32 Å². The molecule has 31 heavy (non-hydrogen) atoms. The minimum absolute atomic E-state index is 0.110. The lowest BCUT2D eigenvalue weighted by atomic mass is 9.69. The van der Waals surface area contributed by atoms with E-state index in [9.17, 15) is 4.79 Å². The number of ketones is 1. The van der Waals surface area contributed by atoms with Crippen LogP contribution >= 0.6 is 23.2 Å². The van der Waals surface area contributed by atoms with Crippen LogP contribution in [0.15, 0.2) is 59.8 Å². The minimum atomic E-state index is -0.280. The molecule has 0 saturated heterocycles. The normalized spacial score (nSPS) is 19.6. The zero-order valence-corrected chi connectivity index (χ0v) is 19.2. The highest BCUT2D eigenvalue weighted by atomic mass is 35.5. The van der Waals surface area contributed by atoms with Gasteiger partial charge < -0.3 is 5.32 Å². The smallest absolute Gasteiger partial charge is 0.162 e. The summed E-state index contributed by atoms with van der Waals surface area (Å²) in [6.07, 6.45) is 1.30. The number of anilines is 1. The summed E-state index contributed by atoms with van der Waals surface area (Å²) >= 11 is 12.9. The van der Waals surface area contributed by atoms with Gasteiger partial charge in [-0.2, -0.15) is 5.10 Å². The molecule has 1 aliphatic heterocycles. The molecule has 0 fully saturated rings. The fourth-order valence-electron chi connectivity index (χ4n) is 4.88. The third-order valence-electron chi connectivity index (χ3n) is 6.15. The molecule has 5 rings (SSSR count). The number of nitrogens with one attached hydrogen (secondary N) is 1. The van der Waals surface area contributed by atoms with Crippen LogP contribution in [0.2, 0.25) is 10.0 Å². The number of rotatable bonds is 2. The van der Waals surface area contributed by atoms with E-state index >= 15 is 0 Å². The molecular formula is C25H23Cl2N3O. The van der Waals surface area contributed by atoms with Crippen LogP contribution in [0.1, 0.15) is 49.4 Å². The molecule has 2 aromatic carbocycles. The van der Waals surface area contributed by atoms with Crippen LogP contribution in [-0.2, 0) is 4.79 Å². The number of hydrogen-bond acceptors (Lipinski definition) is 3. The van der Waals surface area contributed by atoms with Crippen LogP contribution in [0.5, 0.6) is 0 Å². The maximum absolute atomic E-state index is 13.4. The van der Waals surface area contributed by atoms with Gasteiger partial charge in [0.15, 0.2) is 5.78 Å². The number of benzene rings is 2. The molecule has 0 spiro atoms. The van der Waals surface area contributed by atoms with Crippen molar-refractivity contribution in [1.82, 2.24) is 9.78 Å². The van der Waals surface area contributed by atoms with Crippen molar-refractivity contribution in [2.24, 2.45) is 5.41 Å². The molecule has 2 aliphatic rings. The van der Waals surface area contributed by atoms with Crippen LogP contribution in [0.3, 0.4) is 0 Å². The Hall–Kier alpha value is -2.56.